The normalized spacial score (nSPS) is 23.9. The number of amides is 1. The summed E-state index contributed by atoms with van der Waals surface area (Å²) in [6.07, 6.45) is 3.98. The fourth-order valence-electron chi connectivity index (χ4n) is 6.11. The fraction of sp³-hybridized carbons (Fsp3) is 0.483. The number of aromatic nitrogens is 2. The molecule has 1 amide bonds. The van der Waals surface area contributed by atoms with Crippen LogP contribution in [0.4, 0.5) is 14.6 Å². The van der Waals surface area contributed by atoms with Crippen LogP contribution in [-0.2, 0) is 14.6 Å². The molecule has 8 nitrogen and oxygen atoms in total. The molecule has 1 N–H and O–H groups in total. The standard InChI is InChI=1S/C29H35F2N5O3S/c1-18(2)35(3)20-9-10-27(19(13-20)16-40(38,39)21-7-5-4-6-8-21)36-12-11-25(29(36)37)34-28-22-14-23(30)24(31)15-26(22)32-17-33-28/h4-8,14-15,17-20,25,27H,9-13,16H2,1-3H3,(H,32,33,34)/t19-,20+,25-,27-/m0/s1. The van der Waals surface area contributed by atoms with Crippen LogP contribution in [0.1, 0.15) is 39.5 Å². The van der Waals surface area contributed by atoms with E-state index in [1.807, 2.05) is 4.90 Å². The van der Waals surface area contributed by atoms with Gasteiger partial charge in [0.05, 0.1) is 16.2 Å². The molecule has 5 rings (SSSR count). The van der Waals surface area contributed by atoms with E-state index in [0.29, 0.717) is 36.7 Å². The molecule has 0 radical (unpaired) electrons. The lowest BCUT2D eigenvalue weighted by Crippen LogP contribution is -2.52. The highest BCUT2D eigenvalue weighted by Gasteiger charge is 2.44. The van der Waals surface area contributed by atoms with Gasteiger partial charge in [0.1, 0.15) is 18.2 Å². The molecule has 2 heterocycles. The minimum absolute atomic E-state index is 0.0343. The van der Waals surface area contributed by atoms with Crippen LogP contribution in [0, 0.1) is 17.6 Å². The molecule has 2 aliphatic rings. The van der Waals surface area contributed by atoms with Gasteiger partial charge >= 0.3 is 0 Å². The monoisotopic (exact) mass is 571 g/mol. The summed E-state index contributed by atoms with van der Waals surface area (Å²) in [6, 6.07) is 10.2. The number of sulfone groups is 1. The van der Waals surface area contributed by atoms with Crippen LogP contribution in [0.2, 0.25) is 0 Å². The first-order chi connectivity index (χ1) is 19.0. The van der Waals surface area contributed by atoms with Crippen molar-refractivity contribution in [3.8, 4) is 0 Å². The largest absolute Gasteiger partial charge is 0.358 e. The highest BCUT2D eigenvalue weighted by molar-refractivity contribution is 7.91. The van der Waals surface area contributed by atoms with Crippen LogP contribution < -0.4 is 5.32 Å². The van der Waals surface area contributed by atoms with E-state index in [9.17, 15) is 22.0 Å². The zero-order chi connectivity index (χ0) is 28.6. The fourth-order valence-corrected chi connectivity index (χ4v) is 7.79. The molecule has 3 aromatic rings. The Kier molecular flexibility index (Phi) is 8.05. The predicted molar refractivity (Wildman–Crippen MR) is 150 cm³/mol. The van der Waals surface area contributed by atoms with Gasteiger partial charge in [-0.05, 0) is 70.7 Å². The van der Waals surface area contributed by atoms with E-state index in [2.05, 4.69) is 41.1 Å². The number of carbonyl (C=O) groups excluding carboxylic acids is 1. The molecule has 40 heavy (non-hydrogen) atoms. The molecule has 0 unspecified atom stereocenters. The number of nitrogens with one attached hydrogen (secondary N) is 1. The Hall–Kier alpha value is -3.18. The van der Waals surface area contributed by atoms with Gasteiger partial charge in [0.2, 0.25) is 5.91 Å². The van der Waals surface area contributed by atoms with E-state index in [0.717, 1.165) is 18.6 Å². The molecule has 2 aromatic carbocycles. The minimum atomic E-state index is -3.56. The number of anilines is 1. The van der Waals surface area contributed by atoms with Crippen molar-refractivity contribution in [3.05, 3.63) is 60.4 Å². The van der Waals surface area contributed by atoms with E-state index in [1.54, 1.807) is 30.3 Å². The van der Waals surface area contributed by atoms with Crippen molar-refractivity contribution in [2.45, 2.75) is 68.6 Å². The Morgan fingerprint density at radius 1 is 1.07 bits per heavy atom. The maximum absolute atomic E-state index is 14.0. The van der Waals surface area contributed by atoms with Crippen LogP contribution in [0.5, 0.6) is 0 Å². The summed E-state index contributed by atoms with van der Waals surface area (Å²) in [5.41, 5.74) is 0.234. The molecule has 0 bridgehead atoms. The zero-order valence-electron chi connectivity index (χ0n) is 22.9. The SMILES string of the molecule is CC(C)N(C)[C@@H]1CC[C@H](N2CC[C@H](Nc3ncnc4cc(F)c(F)cc34)C2=O)[C@H](CS(=O)(=O)c2ccccc2)C1. The van der Waals surface area contributed by atoms with E-state index >= 15 is 0 Å². The maximum atomic E-state index is 14.0. The Bertz CT molecular complexity index is 1490. The van der Waals surface area contributed by atoms with Gasteiger partial charge in [0.15, 0.2) is 21.5 Å². The Morgan fingerprint density at radius 3 is 2.52 bits per heavy atom. The average Bonchev–Trinajstić information content (AvgIpc) is 3.29. The number of hydrogen-bond donors (Lipinski definition) is 1. The second-order valence-corrected chi connectivity index (χ2v) is 13.2. The lowest BCUT2D eigenvalue weighted by atomic mass is 9.81. The molecule has 1 aliphatic carbocycles. The zero-order valence-corrected chi connectivity index (χ0v) is 23.7. The van der Waals surface area contributed by atoms with Gasteiger partial charge in [-0.25, -0.2) is 27.2 Å². The molecular weight excluding hydrogens is 536 g/mol. The predicted octanol–water partition coefficient (Wildman–Crippen LogP) is 4.27. The van der Waals surface area contributed by atoms with Crippen LogP contribution in [0.3, 0.4) is 0 Å². The van der Waals surface area contributed by atoms with Crippen LogP contribution in [0.15, 0.2) is 53.7 Å². The molecule has 4 atom stereocenters. The van der Waals surface area contributed by atoms with Gasteiger partial charge in [-0.3, -0.25) is 4.79 Å². The van der Waals surface area contributed by atoms with Crippen molar-refractivity contribution in [2.75, 3.05) is 24.7 Å². The number of fused-ring (bicyclic) bond motifs is 1. The summed E-state index contributed by atoms with van der Waals surface area (Å²) < 4.78 is 54.6. The van der Waals surface area contributed by atoms with Crippen molar-refractivity contribution >= 4 is 32.5 Å². The molecule has 11 heteroatoms. The highest BCUT2D eigenvalue weighted by atomic mass is 32.2. The minimum Gasteiger partial charge on any atom is -0.358 e. The third kappa shape index (κ3) is 5.67. The number of nitrogens with zero attached hydrogens (tertiary/aromatic N) is 4. The van der Waals surface area contributed by atoms with Crippen molar-refractivity contribution in [1.29, 1.82) is 0 Å². The van der Waals surface area contributed by atoms with E-state index < -0.39 is 27.5 Å². The Morgan fingerprint density at radius 2 is 1.80 bits per heavy atom. The smallest absolute Gasteiger partial charge is 0.245 e. The summed E-state index contributed by atoms with van der Waals surface area (Å²) in [6.45, 7) is 4.72. The van der Waals surface area contributed by atoms with Crippen LogP contribution in [-0.4, -0.2) is 77.6 Å². The summed E-state index contributed by atoms with van der Waals surface area (Å²) in [7, 11) is -1.49. The molecule has 2 fully saturated rings. The first-order valence-electron chi connectivity index (χ1n) is 13.7. The van der Waals surface area contributed by atoms with Gasteiger partial charge in [-0.1, -0.05) is 18.2 Å². The number of rotatable bonds is 8. The highest BCUT2D eigenvalue weighted by Crippen LogP contribution is 2.36. The second kappa shape index (κ2) is 11.4. The first-order valence-corrected chi connectivity index (χ1v) is 15.4. The Labute approximate surface area is 233 Å². The van der Waals surface area contributed by atoms with E-state index in [1.165, 1.54) is 6.33 Å². The van der Waals surface area contributed by atoms with Crippen molar-refractivity contribution in [3.63, 3.8) is 0 Å². The second-order valence-electron chi connectivity index (χ2n) is 11.2. The molecule has 214 valence electrons. The Balaban J connectivity index is 1.38. The van der Waals surface area contributed by atoms with Gasteiger partial charge in [0.25, 0.3) is 0 Å². The average molecular weight is 572 g/mol. The maximum Gasteiger partial charge on any atom is 0.245 e. The molecule has 1 aliphatic heterocycles. The quantitative estimate of drug-likeness (QED) is 0.432. The van der Waals surface area contributed by atoms with E-state index in [4.69, 9.17) is 0 Å². The third-order valence-corrected chi connectivity index (χ3v) is 10.3. The number of carbonyl (C=O) groups is 1. The van der Waals surface area contributed by atoms with Gasteiger partial charge in [-0.2, -0.15) is 0 Å². The van der Waals surface area contributed by atoms with Crippen molar-refractivity contribution in [2.24, 2.45) is 5.92 Å². The first kappa shape index (κ1) is 28.4. The number of benzene rings is 2. The molecule has 1 aromatic heterocycles. The van der Waals surface area contributed by atoms with Crippen LogP contribution >= 0.6 is 0 Å². The third-order valence-electron chi connectivity index (χ3n) is 8.47. The molecule has 1 saturated carbocycles. The molecular formula is C29H35F2N5O3S. The topological polar surface area (TPSA) is 95.5 Å². The lowest BCUT2D eigenvalue weighted by Gasteiger charge is -2.44. The number of halogens is 2. The van der Waals surface area contributed by atoms with Crippen LogP contribution in [0.25, 0.3) is 10.9 Å². The summed E-state index contributed by atoms with van der Waals surface area (Å²) in [5.74, 6) is -2.17. The van der Waals surface area contributed by atoms with E-state index in [-0.39, 0.29) is 46.4 Å². The lowest BCUT2D eigenvalue weighted by molar-refractivity contribution is -0.132. The molecule has 0 spiro atoms. The van der Waals surface area contributed by atoms with Gasteiger partial charge < -0.3 is 15.1 Å². The van der Waals surface area contributed by atoms with Gasteiger partial charge in [-0.15, -0.1) is 0 Å². The summed E-state index contributed by atoms with van der Waals surface area (Å²) in [5, 5.41) is 3.41. The molecule has 1 saturated heterocycles. The number of likely N-dealkylation sites (tertiary alicyclic amines) is 1. The number of hydrogen-bond acceptors (Lipinski definition) is 7. The van der Waals surface area contributed by atoms with Crippen molar-refractivity contribution in [1.82, 2.24) is 19.8 Å². The van der Waals surface area contributed by atoms with Crippen molar-refractivity contribution < 1.29 is 22.0 Å². The summed E-state index contributed by atoms with van der Waals surface area (Å²) >= 11 is 0. The summed E-state index contributed by atoms with van der Waals surface area (Å²) in [4.78, 5) is 26.3. The van der Waals surface area contributed by atoms with Gasteiger partial charge in [0, 0.05) is 36.1 Å².